The van der Waals surface area contributed by atoms with Gasteiger partial charge in [-0.05, 0) is 17.7 Å². The summed E-state index contributed by atoms with van der Waals surface area (Å²) in [5.74, 6) is -0.230. The van der Waals surface area contributed by atoms with E-state index in [1.807, 2.05) is 30.3 Å². The van der Waals surface area contributed by atoms with Crippen molar-refractivity contribution in [1.82, 2.24) is 19.9 Å². The Hall–Kier alpha value is -3.49. The maximum Gasteiger partial charge on any atom is 0.433 e. The zero-order chi connectivity index (χ0) is 21.6. The highest BCUT2D eigenvalue weighted by Gasteiger charge is 2.33. The first-order valence-corrected chi connectivity index (χ1v) is 9.21. The third kappa shape index (κ3) is 5.76. The first-order chi connectivity index (χ1) is 14.3. The zero-order valence-corrected chi connectivity index (χ0v) is 16.2. The molecule has 1 aromatic carbocycles. The van der Waals surface area contributed by atoms with Crippen LogP contribution in [0.3, 0.4) is 0 Å². The lowest BCUT2D eigenvalue weighted by Gasteiger charge is -2.18. The Morgan fingerprint density at radius 2 is 1.87 bits per heavy atom. The zero-order valence-electron chi connectivity index (χ0n) is 16.2. The third-order valence-electron chi connectivity index (χ3n) is 4.27. The van der Waals surface area contributed by atoms with Crippen LogP contribution in [0.4, 0.5) is 19.0 Å². The van der Waals surface area contributed by atoms with Crippen LogP contribution < -0.4 is 5.32 Å². The number of carbonyl (C=O) groups excluding carboxylic acids is 1. The quantitative estimate of drug-likeness (QED) is 0.631. The monoisotopic (exact) mass is 415 g/mol. The van der Waals surface area contributed by atoms with E-state index < -0.39 is 11.9 Å². The topological polar surface area (TPSA) is 71.0 Å². The van der Waals surface area contributed by atoms with Crippen molar-refractivity contribution in [2.75, 3.05) is 18.9 Å². The molecule has 3 aromatic rings. The summed E-state index contributed by atoms with van der Waals surface area (Å²) in [5.41, 5.74) is 0.296. The van der Waals surface area contributed by atoms with E-state index >= 15 is 0 Å². The van der Waals surface area contributed by atoms with E-state index in [2.05, 4.69) is 20.3 Å². The molecule has 9 heteroatoms. The number of anilines is 1. The van der Waals surface area contributed by atoms with Gasteiger partial charge in [-0.3, -0.25) is 9.78 Å². The Kier molecular flexibility index (Phi) is 6.61. The molecule has 0 unspecified atom stereocenters. The second-order valence-electron chi connectivity index (χ2n) is 6.61. The fourth-order valence-electron chi connectivity index (χ4n) is 2.74. The summed E-state index contributed by atoms with van der Waals surface area (Å²) in [5, 5.41) is 2.80. The molecular weight excluding hydrogens is 395 g/mol. The number of nitrogens with zero attached hydrogens (tertiary/aromatic N) is 4. The number of alkyl halides is 3. The predicted molar refractivity (Wildman–Crippen MR) is 106 cm³/mol. The Labute approximate surface area is 171 Å². The SMILES string of the molecule is CN(Cc1ccccc1)C(=O)CCNc1cc(C(F)(F)F)nc(-c2cccnc2)n1. The first kappa shape index (κ1) is 21.2. The summed E-state index contributed by atoms with van der Waals surface area (Å²) in [4.78, 5) is 25.5. The Balaban J connectivity index is 1.66. The molecule has 30 heavy (non-hydrogen) atoms. The molecular formula is C21H20F3N5O. The van der Waals surface area contributed by atoms with Crippen molar-refractivity contribution >= 4 is 11.7 Å². The van der Waals surface area contributed by atoms with E-state index in [0.717, 1.165) is 11.6 Å². The van der Waals surface area contributed by atoms with Crippen molar-refractivity contribution < 1.29 is 18.0 Å². The number of hydrogen-bond acceptors (Lipinski definition) is 5. The Morgan fingerprint density at radius 1 is 1.10 bits per heavy atom. The van der Waals surface area contributed by atoms with E-state index in [-0.39, 0.29) is 30.5 Å². The number of halogens is 3. The molecule has 3 rings (SSSR count). The fraction of sp³-hybridized carbons (Fsp3) is 0.238. The number of pyridine rings is 1. The predicted octanol–water partition coefficient (Wildman–Crippen LogP) is 4.02. The molecule has 1 amide bonds. The smallest absolute Gasteiger partial charge is 0.369 e. The van der Waals surface area contributed by atoms with Crippen LogP contribution in [0.15, 0.2) is 60.9 Å². The van der Waals surface area contributed by atoms with Crippen LogP contribution in [0.25, 0.3) is 11.4 Å². The molecule has 6 nitrogen and oxygen atoms in total. The normalized spacial score (nSPS) is 11.2. The van der Waals surface area contributed by atoms with Crippen LogP contribution in [0.2, 0.25) is 0 Å². The average Bonchev–Trinajstić information content (AvgIpc) is 2.74. The molecule has 0 saturated carbocycles. The highest BCUT2D eigenvalue weighted by atomic mass is 19.4. The average molecular weight is 415 g/mol. The molecule has 0 aliphatic rings. The molecule has 1 N–H and O–H groups in total. The van der Waals surface area contributed by atoms with Crippen LogP contribution in [-0.2, 0) is 17.5 Å². The number of carbonyl (C=O) groups is 1. The molecule has 0 aliphatic heterocycles. The van der Waals surface area contributed by atoms with Crippen molar-refractivity contribution in [1.29, 1.82) is 0 Å². The first-order valence-electron chi connectivity index (χ1n) is 9.21. The molecule has 156 valence electrons. The van der Waals surface area contributed by atoms with E-state index in [1.165, 1.54) is 12.4 Å². The van der Waals surface area contributed by atoms with Crippen molar-refractivity contribution in [3.8, 4) is 11.4 Å². The lowest BCUT2D eigenvalue weighted by molar-refractivity contribution is -0.141. The lowest BCUT2D eigenvalue weighted by atomic mass is 10.2. The van der Waals surface area contributed by atoms with Crippen molar-refractivity contribution in [3.63, 3.8) is 0 Å². The summed E-state index contributed by atoms with van der Waals surface area (Å²) >= 11 is 0. The minimum atomic E-state index is -4.62. The number of hydrogen-bond donors (Lipinski definition) is 1. The van der Waals surface area contributed by atoms with Gasteiger partial charge in [0.15, 0.2) is 11.5 Å². The summed E-state index contributed by atoms with van der Waals surface area (Å²) in [6.07, 6.45) is -1.62. The van der Waals surface area contributed by atoms with Gasteiger partial charge in [0.25, 0.3) is 0 Å². The van der Waals surface area contributed by atoms with E-state index in [0.29, 0.717) is 12.1 Å². The summed E-state index contributed by atoms with van der Waals surface area (Å²) < 4.78 is 39.7. The van der Waals surface area contributed by atoms with Crippen LogP contribution in [-0.4, -0.2) is 39.4 Å². The molecule has 0 atom stereocenters. The molecule has 0 radical (unpaired) electrons. The number of benzene rings is 1. The summed E-state index contributed by atoms with van der Waals surface area (Å²) in [7, 11) is 1.68. The molecule has 0 saturated heterocycles. The van der Waals surface area contributed by atoms with E-state index in [4.69, 9.17) is 0 Å². The van der Waals surface area contributed by atoms with Crippen LogP contribution >= 0.6 is 0 Å². The highest BCUT2D eigenvalue weighted by Crippen LogP contribution is 2.30. The Bertz CT molecular complexity index is 981. The van der Waals surface area contributed by atoms with Gasteiger partial charge < -0.3 is 10.2 Å². The molecule has 2 aromatic heterocycles. The molecule has 0 aliphatic carbocycles. The van der Waals surface area contributed by atoms with Gasteiger partial charge in [0.2, 0.25) is 5.91 Å². The maximum absolute atomic E-state index is 13.2. The maximum atomic E-state index is 13.2. The number of nitrogens with one attached hydrogen (secondary N) is 1. The minimum absolute atomic E-state index is 0.00492. The van der Waals surface area contributed by atoms with Gasteiger partial charge in [0, 0.05) is 50.6 Å². The van der Waals surface area contributed by atoms with E-state index in [1.54, 1.807) is 24.1 Å². The van der Waals surface area contributed by atoms with Crippen LogP contribution in [0.5, 0.6) is 0 Å². The molecule has 0 spiro atoms. The van der Waals surface area contributed by atoms with Crippen LogP contribution in [0, 0.1) is 0 Å². The minimum Gasteiger partial charge on any atom is -0.369 e. The number of amides is 1. The van der Waals surface area contributed by atoms with Gasteiger partial charge in [0.1, 0.15) is 5.82 Å². The largest absolute Gasteiger partial charge is 0.433 e. The standard InChI is InChI=1S/C21H20F3N5O/c1-29(14-15-6-3-2-4-7-15)19(30)9-11-26-18-12-17(21(22,23)24)27-20(28-18)16-8-5-10-25-13-16/h2-8,10,12-13H,9,11,14H2,1H3,(H,26,27,28). The molecule has 2 heterocycles. The van der Waals surface area contributed by atoms with Gasteiger partial charge in [0.05, 0.1) is 0 Å². The van der Waals surface area contributed by atoms with Crippen molar-refractivity contribution in [2.45, 2.75) is 19.1 Å². The van der Waals surface area contributed by atoms with Gasteiger partial charge in [-0.15, -0.1) is 0 Å². The van der Waals surface area contributed by atoms with Crippen molar-refractivity contribution in [3.05, 3.63) is 72.2 Å². The van der Waals surface area contributed by atoms with Crippen LogP contribution in [0.1, 0.15) is 17.7 Å². The van der Waals surface area contributed by atoms with Gasteiger partial charge in [-0.2, -0.15) is 13.2 Å². The van der Waals surface area contributed by atoms with Gasteiger partial charge in [-0.25, -0.2) is 9.97 Å². The lowest BCUT2D eigenvalue weighted by Crippen LogP contribution is -2.27. The number of aromatic nitrogens is 3. The second-order valence-corrected chi connectivity index (χ2v) is 6.61. The molecule has 0 fully saturated rings. The summed E-state index contributed by atoms with van der Waals surface area (Å²) in [6, 6.07) is 13.5. The van der Waals surface area contributed by atoms with Gasteiger partial charge >= 0.3 is 6.18 Å². The Morgan fingerprint density at radius 3 is 2.53 bits per heavy atom. The second kappa shape index (κ2) is 9.34. The third-order valence-corrected chi connectivity index (χ3v) is 4.27. The number of rotatable bonds is 7. The molecule has 0 bridgehead atoms. The van der Waals surface area contributed by atoms with E-state index in [9.17, 15) is 18.0 Å². The van der Waals surface area contributed by atoms with Gasteiger partial charge in [-0.1, -0.05) is 30.3 Å². The summed E-state index contributed by atoms with van der Waals surface area (Å²) in [6.45, 7) is 0.593. The fourth-order valence-corrected chi connectivity index (χ4v) is 2.74. The highest BCUT2D eigenvalue weighted by molar-refractivity contribution is 5.76. The van der Waals surface area contributed by atoms with Crippen molar-refractivity contribution in [2.24, 2.45) is 0 Å².